The van der Waals surface area contributed by atoms with E-state index in [1.54, 1.807) is 0 Å². The highest BCUT2D eigenvalue weighted by atomic mass is 32.2. The molecule has 1 aromatic carbocycles. The summed E-state index contributed by atoms with van der Waals surface area (Å²) in [5, 5.41) is 10.5. The summed E-state index contributed by atoms with van der Waals surface area (Å²) in [5.41, 5.74) is 1.20. The predicted molar refractivity (Wildman–Crippen MR) is 96.3 cm³/mol. The molecule has 0 aliphatic carbocycles. The van der Waals surface area contributed by atoms with Crippen molar-refractivity contribution in [2.75, 3.05) is 0 Å². The average molecular weight is 323 g/mol. The standard InChI is InChI=1S/C19H30O2S/c1-5-6-8-13-18(22(21)19(2,3)4)17(20)15-14-16-11-9-7-10-12-16/h7,9-13,17,20H,5-6,8,14-15H2,1-4H3/b18-13+/t17-,22?/m1/s1. The van der Waals surface area contributed by atoms with E-state index < -0.39 is 16.9 Å². The molecule has 0 bridgehead atoms. The first-order valence-corrected chi connectivity index (χ1v) is 9.35. The number of aliphatic hydroxyl groups is 1. The minimum absolute atomic E-state index is 0.341. The van der Waals surface area contributed by atoms with Gasteiger partial charge in [0.25, 0.3) is 0 Å². The first-order chi connectivity index (χ1) is 10.4. The van der Waals surface area contributed by atoms with E-state index in [-0.39, 0.29) is 4.75 Å². The highest BCUT2D eigenvalue weighted by molar-refractivity contribution is 7.90. The predicted octanol–water partition coefficient (Wildman–Crippen LogP) is 4.60. The Morgan fingerprint density at radius 2 is 1.91 bits per heavy atom. The van der Waals surface area contributed by atoms with Gasteiger partial charge in [0.15, 0.2) is 0 Å². The molecule has 0 aromatic heterocycles. The van der Waals surface area contributed by atoms with E-state index in [0.717, 1.165) is 25.7 Å². The van der Waals surface area contributed by atoms with Gasteiger partial charge in [-0.1, -0.05) is 56.2 Å². The van der Waals surface area contributed by atoms with Gasteiger partial charge in [0, 0.05) is 9.65 Å². The van der Waals surface area contributed by atoms with E-state index in [9.17, 15) is 9.32 Å². The molecule has 0 amide bonds. The monoisotopic (exact) mass is 322 g/mol. The minimum Gasteiger partial charge on any atom is -0.388 e. The van der Waals surface area contributed by atoms with Crippen LogP contribution >= 0.6 is 0 Å². The van der Waals surface area contributed by atoms with Gasteiger partial charge < -0.3 is 5.11 Å². The van der Waals surface area contributed by atoms with Gasteiger partial charge >= 0.3 is 0 Å². The van der Waals surface area contributed by atoms with Crippen molar-refractivity contribution in [1.82, 2.24) is 0 Å². The fraction of sp³-hybridized carbons (Fsp3) is 0.579. The molecular weight excluding hydrogens is 292 g/mol. The SMILES string of the molecule is CCCC/C=C(\[C@H](O)CCc1ccccc1)S(=O)C(C)(C)C. The zero-order valence-electron chi connectivity index (χ0n) is 14.3. The van der Waals surface area contributed by atoms with Gasteiger partial charge in [-0.25, -0.2) is 0 Å². The van der Waals surface area contributed by atoms with Crippen LogP contribution in [0.5, 0.6) is 0 Å². The Morgan fingerprint density at radius 1 is 1.27 bits per heavy atom. The second-order valence-corrected chi connectivity index (χ2v) is 8.90. The number of benzene rings is 1. The molecular formula is C19H30O2S. The lowest BCUT2D eigenvalue weighted by Gasteiger charge is -2.23. The first kappa shape index (κ1) is 19.1. The van der Waals surface area contributed by atoms with E-state index >= 15 is 0 Å². The maximum Gasteiger partial charge on any atom is 0.0873 e. The van der Waals surface area contributed by atoms with Gasteiger partial charge in [0.1, 0.15) is 0 Å². The number of aliphatic hydroxyl groups excluding tert-OH is 1. The molecule has 1 aromatic rings. The van der Waals surface area contributed by atoms with Gasteiger partial charge in [-0.2, -0.15) is 0 Å². The topological polar surface area (TPSA) is 37.3 Å². The number of hydrogen-bond acceptors (Lipinski definition) is 2. The summed E-state index contributed by atoms with van der Waals surface area (Å²) < 4.78 is 12.4. The van der Waals surface area contributed by atoms with Crippen LogP contribution in [-0.2, 0) is 17.2 Å². The van der Waals surface area contributed by atoms with Crippen molar-refractivity contribution in [2.24, 2.45) is 0 Å². The molecule has 1 rings (SSSR count). The van der Waals surface area contributed by atoms with Crippen LogP contribution in [-0.4, -0.2) is 20.2 Å². The third-order valence-electron chi connectivity index (χ3n) is 3.55. The zero-order chi connectivity index (χ0) is 16.6. The van der Waals surface area contributed by atoms with E-state index in [1.165, 1.54) is 5.56 Å². The minimum atomic E-state index is -1.16. The van der Waals surface area contributed by atoms with Gasteiger partial charge in [0.2, 0.25) is 0 Å². The molecule has 1 unspecified atom stereocenters. The van der Waals surface area contributed by atoms with Crippen molar-refractivity contribution in [2.45, 2.75) is 70.7 Å². The van der Waals surface area contributed by atoms with Crippen LogP contribution in [0.1, 0.15) is 58.9 Å². The van der Waals surface area contributed by atoms with Crippen molar-refractivity contribution >= 4 is 10.8 Å². The second-order valence-electron chi connectivity index (χ2n) is 6.67. The average Bonchev–Trinajstić information content (AvgIpc) is 2.49. The van der Waals surface area contributed by atoms with Crippen LogP contribution in [0.25, 0.3) is 0 Å². The van der Waals surface area contributed by atoms with Crippen molar-refractivity contribution in [3.05, 3.63) is 46.9 Å². The zero-order valence-corrected chi connectivity index (χ0v) is 15.2. The third kappa shape index (κ3) is 6.45. The normalized spacial score (nSPS) is 15.6. The maximum atomic E-state index is 12.7. The Hall–Kier alpha value is -0.930. The van der Waals surface area contributed by atoms with Crippen molar-refractivity contribution < 1.29 is 9.32 Å². The molecule has 0 radical (unpaired) electrons. The van der Waals surface area contributed by atoms with Gasteiger partial charge in [-0.15, -0.1) is 0 Å². The highest BCUT2D eigenvalue weighted by Gasteiger charge is 2.27. The van der Waals surface area contributed by atoms with Crippen LogP contribution < -0.4 is 0 Å². The van der Waals surface area contributed by atoms with E-state index in [2.05, 4.69) is 19.1 Å². The Labute approximate surface area is 138 Å². The van der Waals surface area contributed by atoms with E-state index in [4.69, 9.17) is 0 Å². The van der Waals surface area contributed by atoms with Crippen molar-refractivity contribution in [3.8, 4) is 0 Å². The first-order valence-electron chi connectivity index (χ1n) is 8.20. The van der Waals surface area contributed by atoms with Crippen molar-refractivity contribution in [3.63, 3.8) is 0 Å². The Morgan fingerprint density at radius 3 is 2.45 bits per heavy atom. The maximum absolute atomic E-state index is 12.7. The van der Waals surface area contributed by atoms with Crippen LogP contribution in [0, 0.1) is 0 Å². The van der Waals surface area contributed by atoms with E-state index in [0.29, 0.717) is 11.3 Å². The van der Waals surface area contributed by atoms with Crippen molar-refractivity contribution in [1.29, 1.82) is 0 Å². The lowest BCUT2D eigenvalue weighted by molar-refractivity contribution is 0.208. The fourth-order valence-electron chi connectivity index (χ4n) is 2.23. The number of unbranched alkanes of at least 4 members (excludes halogenated alkanes) is 2. The van der Waals surface area contributed by atoms with Crippen LogP contribution in [0.2, 0.25) is 0 Å². The lowest BCUT2D eigenvalue weighted by atomic mass is 10.1. The number of allylic oxidation sites excluding steroid dienone is 1. The molecule has 1 N–H and O–H groups in total. The lowest BCUT2D eigenvalue weighted by Crippen LogP contribution is -2.28. The molecule has 0 saturated carbocycles. The number of aryl methyl sites for hydroxylation is 1. The molecule has 0 aliphatic heterocycles. The third-order valence-corrected chi connectivity index (χ3v) is 5.53. The van der Waals surface area contributed by atoms with Gasteiger partial charge in [-0.05, 0) is 45.6 Å². The summed E-state index contributed by atoms with van der Waals surface area (Å²) in [6, 6.07) is 10.1. The summed E-state index contributed by atoms with van der Waals surface area (Å²) in [6.45, 7) is 8.02. The van der Waals surface area contributed by atoms with Crippen LogP contribution in [0.4, 0.5) is 0 Å². The van der Waals surface area contributed by atoms with Crippen LogP contribution in [0.3, 0.4) is 0 Å². The molecule has 3 heteroatoms. The molecule has 2 atom stereocenters. The molecule has 2 nitrogen and oxygen atoms in total. The van der Waals surface area contributed by atoms with E-state index in [1.807, 2.05) is 45.0 Å². The molecule has 0 heterocycles. The quantitative estimate of drug-likeness (QED) is 0.710. The Balaban J connectivity index is 2.77. The molecule has 22 heavy (non-hydrogen) atoms. The fourth-order valence-corrected chi connectivity index (χ4v) is 3.57. The Bertz CT molecular complexity index is 486. The molecule has 124 valence electrons. The summed E-state index contributed by atoms with van der Waals surface area (Å²) in [7, 11) is -1.16. The summed E-state index contributed by atoms with van der Waals surface area (Å²) >= 11 is 0. The molecule has 0 saturated heterocycles. The van der Waals surface area contributed by atoms with Crippen LogP contribution in [0.15, 0.2) is 41.3 Å². The summed E-state index contributed by atoms with van der Waals surface area (Å²) in [5.74, 6) is 0. The van der Waals surface area contributed by atoms with Gasteiger partial charge in [-0.3, -0.25) is 4.21 Å². The summed E-state index contributed by atoms with van der Waals surface area (Å²) in [4.78, 5) is 0.705. The second kappa shape index (κ2) is 9.26. The highest BCUT2D eigenvalue weighted by Crippen LogP contribution is 2.24. The summed E-state index contributed by atoms with van der Waals surface area (Å²) in [6.07, 6.45) is 5.84. The number of rotatable bonds is 8. The van der Waals surface area contributed by atoms with Gasteiger partial charge in [0.05, 0.1) is 16.9 Å². The Kier molecular flexibility index (Phi) is 8.05. The number of hydrogen-bond donors (Lipinski definition) is 1. The smallest absolute Gasteiger partial charge is 0.0873 e. The molecule has 0 aliphatic rings. The molecule has 0 spiro atoms. The molecule has 0 fully saturated rings. The largest absolute Gasteiger partial charge is 0.388 e.